The van der Waals surface area contributed by atoms with Crippen molar-refractivity contribution in [2.75, 3.05) is 6.54 Å². The topological polar surface area (TPSA) is 72.7 Å². The summed E-state index contributed by atoms with van der Waals surface area (Å²) >= 11 is 6.34. The smallest absolute Gasteiger partial charge is 0.251 e. The molecular formula is C21H18ClN5O. The van der Waals surface area contributed by atoms with E-state index in [0.29, 0.717) is 34.0 Å². The van der Waals surface area contributed by atoms with Gasteiger partial charge in [-0.2, -0.15) is 0 Å². The van der Waals surface area contributed by atoms with Gasteiger partial charge in [-0.05, 0) is 24.6 Å². The van der Waals surface area contributed by atoms with Crippen LogP contribution in [-0.4, -0.2) is 32.0 Å². The maximum absolute atomic E-state index is 12.4. The lowest BCUT2D eigenvalue weighted by molar-refractivity contribution is 0.0953. The average Bonchev–Trinajstić information content (AvgIpc) is 3.24. The molecule has 0 fully saturated rings. The molecule has 0 bridgehead atoms. The monoisotopic (exact) mass is 391 g/mol. The molecule has 28 heavy (non-hydrogen) atoms. The van der Waals surface area contributed by atoms with Crippen LogP contribution in [0.1, 0.15) is 16.8 Å². The van der Waals surface area contributed by atoms with Crippen LogP contribution in [0.25, 0.3) is 22.3 Å². The Balaban J connectivity index is 1.47. The first-order chi connectivity index (χ1) is 13.7. The van der Waals surface area contributed by atoms with Gasteiger partial charge in [0.05, 0.1) is 17.4 Å². The molecule has 1 N–H and O–H groups in total. The Morgan fingerprint density at radius 2 is 1.93 bits per heavy atom. The van der Waals surface area contributed by atoms with E-state index in [1.807, 2.05) is 41.1 Å². The Labute approximate surface area is 167 Å². The fraction of sp³-hybridized carbons (Fsp3) is 0.143. The van der Waals surface area contributed by atoms with Crippen LogP contribution < -0.4 is 5.32 Å². The predicted octanol–water partition coefficient (Wildman–Crippen LogP) is 3.97. The van der Waals surface area contributed by atoms with E-state index in [1.165, 1.54) is 0 Å². The molecule has 2 heterocycles. The van der Waals surface area contributed by atoms with E-state index in [0.717, 1.165) is 18.5 Å². The van der Waals surface area contributed by atoms with E-state index in [2.05, 4.69) is 20.3 Å². The molecular weight excluding hydrogens is 374 g/mol. The number of halogens is 1. The average molecular weight is 392 g/mol. The molecule has 0 radical (unpaired) electrons. The van der Waals surface area contributed by atoms with Gasteiger partial charge in [0, 0.05) is 36.6 Å². The molecule has 1 amide bonds. The van der Waals surface area contributed by atoms with Crippen molar-refractivity contribution in [1.82, 2.24) is 24.8 Å². The second-order valence-electron chi connectivity index (χ2n) is 6.34. The van der Waals surface area contributed by atoms with E-state index < -0.39 is 0 Å². The minimum Gasteiger partial charge on any atom is -0.352 e. The van der Waals surface area contributed by atoms with E-state index in [4.69, 9.17) is 11.6 Å². The maximum Gasteiger partial charge on any atom is 0.251 e. The molecule has 2 aromatic heterocycles. The van der Waals surface area contributed by atoms with Gasteiger partial charge in [-0.25, -0.2) is 15.0 Å². The lowest BCUT2D eigenvalue weighted by atomic mass is 10.1. The molecule has 140 valence electrons. The van der Waals surface area contributed by atoms with E-state index in [1.54, 1.807) is 30.7 Å². The lowest BCUT2D eigenvalue weighted by Gasteiger charge is -2.08. The third kappa shape index (κ3) is 4.02. The molecule has 2 aromatic carbocycles. The summed E-state index contributed by atoms with van der Waals surface area (Å²) < 4.78 is 1.98. The zero-order valence-electron chi connectivity index (χ0n) is 15.0. The quantitative estimate of drug-likeness (QED) is 0.505. The number of amides is 1. The zero-order chi connectivity index (χ0) is 19.3. The van der Waals surface area contributed by atoms with Gasteiger partial charge < -0.3 is 9.88 Å². The number of rotatable bonds is 6. The van der Waals surface area contributed by atoms with Gasteiger partial charge >= 0.3 is 0 Å². The Hall–Kier alpha value is -3.25. The van der Waals surface area contributed by atoms with Crippen molar-refractivity contribution in [2.24, 2.45) is 0 Å². The van der Waals surface area contributed by atoms with Gasteiger partial charge in [0.25, 0.3) is 5.91 Å². The summed E-state index contributed by atoms with van der Waals surface area (Å²) in [5.74, 6) is -0.141. The highest BCUT2D eigenvalue weighted by atomic mass is 35.5. The molecule has 0 unspecified atom stereocenters. The molecule has 4 rings (SSSR count). The number of hydrogen-bond acceptors (Lipinski definition) is 4. The first-order valence-corrected chi connectivity index (χ1v) is 9.35. The number of carbonyl (C=O) groups excluding carboxylic acids is 1. The fourth-order valence-electron chi connectivity index (χ4n) is 2.94. The lowest BCUT2D eigenvalue weighted by Crippen LogP contribution is -2.25. The number of imidazole rings is 1. The van der Waals surface area contributed by atoms with Crippen LogP contribution >= 0.6 is 11.6 Å². The number of nitrogens with zero attached hydrogens (tertiary/aromatic N) is 4. The number of carbonyl (C=O) groups is 1. The molecule has 7 heteroatoms. The Kier molecular flexibility index (Phi) is 5.30. The second kappa shape index (κ2) is 8.19. The summed E-state index contributed by atoms with van der Waals surface area (Å²) in [5, 5.41) is 3.24. The predicted molar refractivity (Wildman–Crippen MR) is 109 cm³/mol. The number of nitrogens with one attached hydrogen (secondary N) is 1. The minimum atomic E-state index is -0.141. The first-order valence-electron chi connectivity index (χ1n) is 8.97. The van der Waals surface area contributed by atoms with E-state index in [9.17, 15) is 4.79 Å². The molecule has 0 aliphatic rings. The molecule has 0 spiro atoms. The summed E-state index contributed by atoms with van der Waals surface area (Å²) in [5.41, 5.74) is 3.36. The molecule has 4 aromatic rings. The third-order valence-electron chi connectivity index (χ3n) is 4.37. The fourth-order valence-corrected chi connectivity index (χ4v) is 3.18. The van der Waals surface area contributed by atoms with Crippen LogP contribution in [0.15, 0.2) is 67.3 Å². The summed E-state index contributed by atoms with van der Waals surface area (Å²) in [6, 6.07) is 14.9. The summed E-state index contributed by atoms with van der Waals surface area (Å²) in [4.78, 5) is 25.5. The molecule has 0 atom stereocenters. The number of fused-ring (bicyclic) bond motifs is 1. The summed E-state index contributed by atoms with van der Waals surface area (Å²) in [6.07, 6.45) is 6.22. The Morgan fingerprint density at radius 1 is 1.07 bits per heavy atom. The van der Waals surface area contributed by atoms with Crippen LogP contribution in [0.3, 0.4) is 0 Å². The Morgan fingerprint density at radius 3 is 2.71 bits per heavy atom. The molecule has 6 nitrogen and oxygen atoms in total. The molecule has 0 saturated heterocycles. The van der Waals surface area contributed by atoms with E-state index >= 15 is 0 Å². The van der Waals surface area contributed by atoms with Crippen LogP contribution in [0.2, 0.25) is 5.15 Å². The van der Waals surface area contributed by atoms with Crippen molar-refractivity contribution in [2.45, 2.75) is 13.0 Å². The van der Waals surface area contributed by atoms with Crippen molar-refractivity contribution in [3.05, 3.63) is 78.0 Å². The highest BCUT2D eigenvalue weighted by Crippen LogP contribution is 2.26. The normalized spacial score (nSPS) is 10.9. The molecule has 0 saturated carbocycles. The van der Waals surface area contributed by atoms with E-state index in [-0.39, 0.29) is 5.91 Å². The van der Waals surface area contributed by atoms with Crippen molar-refractivity contribution >= 4 is 28.5 Å². The number of benzene rings is 2. The van der Waals surface area contributed by atoms with Crippen molar-refractivity contribution in [3.63, 3.8) is 0 Å². The minimum absolute atomic E-state index is 0.141. The number of aryl methyl sites for hydroxylation is 1. The highest BCUT2D eigenvalue weighted by Gasteiger charge is 2.12. The van der Waals surface area contributed by atoms with Crippen LogP contribution in [-0.2, 0) is 6.54 Å². The first kappa shape index (κ1) is 18.1. The molecule has 0 aliphatic carbocycles. The highest BCUT2D eigenvalue weighted by molar-refractivity contribution is 6.32. The third-order valence-corrected chi connectivity index (χ3v) is 4.63. The summed E-state index contributed by atoms with van der Waals surface area (Å²) in [6.45, 7) is 1.38. The Bertz CT molecular complexity index is 1100. The van der Waals surface area contributed by atoms with Gasteiger partial charge in [0.15, 0.2) is 5.15 Å². The van der Waals surface area contributed by atoms with Gasteiger partial charge in [-0.3, -0.25) is 4.79 Å². The SMILES string of the molecule is O=C(NCCCn1ccnc1)c1ccc2nc(-c3ccccc3)c(Cl)nc2c1. The largest absolute Gasteiger partial charge is 0.352 e. The standard InChI is InChI=1S/C21H18ClN5O/c22-20-19(15-5-2-1-3-6-15)25-17-8-7-16(13-18(17)26-20)21(28)24-9-4-11-27-12-10-23-14-27/h1-3,5-8,10,12-14H,4,9,11H2,(H,24,28). The van der Waals surface area contributed by atoms with Crippen LogP contribution in [0.4, 0.5) is 0 Å². The number of aromatic nitrogens is 4. The molecule has 0 aliphatic heterocycles. The second-order valence-corrected chi connectivity index (χ2v) is 6.70. The van der Waals surface area contributed by atoms with Crippen LogP contribution in [0, 0.1) is 0 Å². The van der Waals surface area contributed by atoms with Crippen molar-refractivity contribution in [1.29, 1.82) is 0 Å². The zero-order valence-corrected chi connectivity index (χ0v) is 15.8. The number of hydrogen-bond donors (Lipinski definition) is 1. The van der Waals surface area contributed by atoms with Gasteiger partial charge in [0.1, 0.15) is 5.69 Å². The van der Waals surface area contributed by atoms with Gasteiger partial charge in [-0.15, -0.1) is 0 Å². The van der Waals surface area contributed by atoms with Gasteiger partial charge in [0.2, 0.25) is 0 Å². The van der Waals surface area contributed by atoms with Gasteiger partial charge in [-0.1, -0.05) is 41.9 Å². The summed E-state index contributed by atoms with van der Waals surface area (Å²) in [7, 11) is 0. The van der Waals surface area contributed by atoms with Crippen LogP contribution in [0.5, 0.6) is 0 Å². The van der Waals surface area contributed by atoms with Crippen molar-refractivity contribution in [3.8, 4) is 11.3 Å². The maximum atomic E-state index is 12.4. The van der Waals surface area contributed by atoms with Crippen molar-refractivity contribution < 1.29 is 4.79 Å².